The third kappa shape index (κ3) is 5.81. The molecular formula is C20H21F2NO6. The van der Waals surface area contributed by atoms with Crippen molar-refractivity contribution in [2.45, 2.75) is 19.1 Å². The Labute approximate surface area is 166 Å². The summed E-state index contributed by atoms with van der Waals surface area (Å²) in [4.78, 5) is 24.6. The van der Waals surface area contributed by atoms with Gasteiger partial charge in [-0.2, -0.15) is 8.78 Å². The van der Waals surface area contributed by atoms with Gasteiger partial charge >= 0.3 is 12.6 Å². The molecule has 1 atom stereocenters. The summed E-state index contributed by atoms with van der Waals surface area (Å²) >= 11 is 0. The van der Waals surface area contributed by atoms with E-state index in [4.69, 9.17) is 14.2 Å². The maximum atomic E-state index is 12.7. The number of para-hydroxylation sites is 1. The first-order valence-electron chi connectivity index (χ1n) is 8.53. The van der Waals surface area contributed by atoms with Crippen molar-refractivity contribution in [1.82, 2.24) is 5.32 Å². The fourth-order valence-electron chi connectivity index (χ4n) is 2.66. The molecule has 0 saturated heterocycles. The summed E-state index contributed by atoms with van der Waals surface area (Å²) in [5, 5.41) is 2.66. The number of ether oxygens (including phenoxy) is 4. The van der Waals surface area contributed by atoms with E-state index in [9.17, 15) is 18.4 Å². The number of benzene rings is 2. The summed E-state index contributed by atoms with van der Waals surface area (Å²) in [5.74, 6) is -0.665. The van der Waals surface area contributed by atoms with E-state index in [1.54, 1.807) is 18.2 Å². The molecule has 0 bridgehead atoms. The average Bonchev–Trinajstić information content (AvgIpc) is 2.72. The lowest BCUT2D eigenvalue weighted by atomic mass is 10.0. The molecule has 2 aromatic carbocycles. The molecular weight excluding hydrogens is 388 g/mol. The largest absolute Gasteiger partial charge is 0.493 e. The Morgan fingerprint density at radius 3 is 2.28 bits per heavy atom. The lowest BCUT2D eigenvalue weighted by molar-refractivity contribution is -0.141. The molecule has 1 amide bonds. The van der Waals surface area contributed by atoms with Crippen LogP contribution in [0.5, 0.6) is 17.2 Å². The molecule has 0 aliphatic carbocycles. The number of esters is 1. The minimum absolute atomic E-state index is 0.0943. The lowest BCUT2D eigenvalue weighted by Gasteiger charge is -2.20. The third-order valence-corrected chi connectivity index (χ3v) is 4.06. The van der Waals surface area contributed by atoms with Gasteiger partial charge in [0.05, 0.1) is 39.4 Å². The van der Waals surface area contributed by atoms with Crippen molar-refractivity contribution >= 4 is 11.9 Å². The highest BCUT2D eigenvalue weighted by atomic mass is 19.3. The van der Waals surface area contributed by atoms with E-state index in [-0.39, 0.29) is 17.7 Å². The van der Waals surface area contributed by atoms with Gasteiger partial charge in [-0.25, -0.2) is 0 Å². The molecule has 2 rings (SSSR count). The smallest absolute Gasteiger partial charge is 0.387 e. The zero-order valence-corrected chi connectivity index (χ0v) is 16.1. The Balaban J connectivity index is 2.35. The second kappa shape index (κ2) is 10.3. The predicted octanol–water partition coefficient (Wildman–Crippen LogP) is 3.34. The maximum Gasteiger partial charge on any atom is 0.387 e. The molecule has 2 aromatic rings. The Morgan fingerprint density at radius 2 is 1.66 bits per heavy atom. The van der Waals surface area contributed by atoms with Gasteiger partial charge in [0.1, 0.15) is 5.75 Å². The molecule has 7 nitrogen and oxygen atoms in total. The molecule has 0 aliphatic rings. The van der Waals surface area contributed by atoms with Crippen LogP contribution >= 0.6 is 0 Å². The van der Waals surface area contributed by atoms with Crippen LogP contribution in [0.15, 0.2) is 42.5 Å². The summed E-state index contributed by atoms with van der Waals surface area (Å²) in [6.07, 6.45) is -0.185. The van der Waals surface area contributed by atoms with E-state index in [0.29, 0.717) is 17.1 Å². The predicted molar refractivity (Wildman–Crippen MR) is 99.5 cm³/mol. The molecule has 9 heteroatoms. The second-order valence-corrected chi connectivity index (χ2v) is 5.80. The third-order valence-electron chi connectivity index (χ3n) is 4.06. The van der Waals surface area contributed by atoms with Crippen LogP contribution in [0.4, 0.5) is 8.78 Å². The van der Waals surface area contributed by atoms with Gasteiger partial charge in [-0.1, -0.05) is 18.2 Å². The van der Waals surface area contributed by atoms with Gasteiger partial charge in [-0.3, -0.25) is 9.59 Å². The molecule has 0 aliphatic heterocycles. The van der Waals surface area contributed by atoms with E-state index in [0.717, 1.165) is 0 Å². The van der Waals surface area contributed by atoms with Crippen molar-refractivity contribution in [2.75, 3.05) is 21.3 Å². The second-order valence-electron chi connectivity index (χ2n) is 5.80. The normalized spacial score (nSPS) is 11.5. The van der Waals surface area contributed by atoms with Crippen molar-refractivity contribution in [3.05, 3.63) is 53.6 Å². The molecule has 0 heterocycles. The highest BCUT2D eigenvalue weighted by Gasteiger charge is 2.23. The number of alkyl halides is 2. The minimum atomic E-state index is -3.08. The first-order valence-corrected chi connectivity index (χ1v) is 8.53. The van der Waals surface area contributed by atoms with E-state index >= 15 is 0 Å². The fraction of sp³-hybridized carbons (Fsp3) is 0.300. The molecule has 0 radical (unpaired) electrons. The molecule has 1 unspecified atom stereocenters. The summed E-state index contributed by atoms with van der Waals surface area (Å²) in [5.41, 5.74) is 0.441. The number of methoxy groups -OCH3 is 3. The molecule has 29 heavy (non-hydrogen) atoms. The Morgan fingerprint density at radius 1 is 0.966 bits per heavy atom. The quantitative estimate of drug-likeness (QED) is 0.640. The van der Waals surface area contributed by atoms with Crippen molar-refractivity contribution < 1.29 is 37.3 Å². The highest BCUT2D eigenvalue weighted by molar-refractivity contribution is 5.97. The number of carbonyl (C=O) groups excluding carboxylic acids is 2. The van der Waals surface area contributed by atoms with Gasteiger partial charge in [0.15, 0.2) is 11.5 Å². The summed E-state index contributed by atoms with van der Waals surface area (Å²) in [6.45, 7) is -3.08. The van der Waals surface area contributed by atoms with Crippen LogP contribution in [0.3, 0.4) is 0 Å². The van der Waals surface area contributed by atoms with Crippen molar-refractivity contribution in [3.8, 4) is 17.2 Å². The SMILES string of the molecule is COC(=O)CC(NC(=O)c1ccccc1OC(F)F)c1ccc(OC)c(OC)c1. The van der Waals surface area contributed by atoms with Gasteiger partial charge in [-0.15, -0.1) is 0 Å². The van der Waals surface area contributed by atoms with Crippen LogP contribution in [0.1, 0.15) is 28.4 Å². The number of carbonyl (C=O) groups is 2. The number of nitrogens with one attached hydrogen (secondary N) is 1. The summed E-state index contributed by atoms with van der Waals surface area (Å²) in [7, 11) is 4.15. The van der Waals surface area contributed by atoms with Gasteiger partial charge < -0.3 is 24.3 Å². The number of halogens is 2. The van der Waals surface area contributed by atoms with E-state index in [1.807, 2.05) is 0 Å². The molecule has 0 spiro atoms. The monoisotopic (exact) mass is 409 g/mol. The number of hydrogen-bond donors (Lipinski definition) is 1. The van der Waals surface area contributed by atoms with Gasteiger partial charge in [0.2, 0.25) is 0 Å². The van der Waals surface area contributed by atoms with Gasteiger partial charge in [-0.05, 0) is 29.8 Å². The van der Waals surface area contributed by atoms with Crippen LogP contribution in [0.25, 0.3) is 0 Å². The van der Waals surface area contributed by atoms with Crippen molar-refractivity contribution in [2.24, 2.45) is 0 Å². The van der Waals surface area contributed by atoms with Crippen molar-refractivity contribution in [1.29, 1.82) is 0 Å². The highest BCUT2D eigenvalue weighted by Crippen LogP contribution is 2.31. The van der Waals surface area contributed by atoms with Crippen molar-refractivity contribution in [3.63, 3.8) is 0 Å². The summed E-state index contributed by atoms with van der Waals surface area (Å²) < 4.78 is 44.8. The zero-order chi connectivity index (χ0) is 21.4. The first kappa shape index (κ1) is 21.9. The Bertz CT molecular complexity index is 859. The van der Waals surface area contributed by atoms with Gasteiger partial charge in [0, 0.05) is 0 Å². The fourth-order valence-corrected chi connectivity index (χ4v) is 2.66. The number of hydrogen-bond acceptors (Lipinski definition) is 6. The number of rotatable bonds is 9. The molecule has 1 N–H and O–H groups in total. The van der Waals surface area contributed by atoms with Crippen LogP contribution in [0.2, 0.25) is 0 Å². The van der Waals surface area contributed by atoms with E-state index in [1.165, 1.54) is 45.6 Å². The topological polar surface area (TPSA) is 83.1 Å². The van der Waals surface area contributed by atoms with Crippen LogP contribution in [-0.4, -0.2) is 39.8 Å². The van der Waals surface area contributed by atoms with Crippen LogP contribution in [0, 0.1) is 0 Å². The van der Waals surface area contributed by atoms with E-state index in [2.05, 4.69) is 10.1 Å². The molecule has 156 valence electrons. The molecule has 0 fully saturated rings. The zero-order valence-electron chi connectivity index (χ0n) is 16.1. The van der Waals surface area contributed by atoms with Crippen LogP contribution < -0.4 is 19.5 Å². The maximum absolute atomic E-state index is 12.7. The van der Waals surface area contributed by atoms with Gasteiger partial charge in [0.25, 0.3) is 5.91 Å². The molecule has 0 saturated carbocycles. The lowest BCUT2D eigenvalue weighted by Crippen LogP contribution is -2.31. The minimum Gasteiger partial charge on any atom is -0.493 e. The Hall–Kier alpha value is -3.36. The van der Waals surface area contributed by atoms with Crippen LogP contribution in [-0.2, 0) is 9.53 Å². The first-order chi connectivity index (χ1) is 13.9. The van der Waals surface area contributed by atoms with E-state index < -0.39 is 24.5 Å². The Kier molecular flexibility index (Phi) is 7.76. The molecule has 0 aromatic heterocycles. The number of amides is 1. The average molecular weight is 409 g/mol. The standard InChI is InChI=1S/C20H21F2NO6/c1-26-16-9-8-12(10-17(16)27-2)14(11-18(24)28-3)23-19(25)13-6-4-5-7-15(13)29-20(21)22/h4-10,14,20H,11H2,1-3H3,(H,23,25). The summed E-state index contributed by atoms with van der Waals surface area (Å²) in [6, 6.07) is 9.65.